The molecule has 1 aliphatic heterocycles. The summed E-state index contributed by atoms with van der Waals surface area (Å²) in [5.74, 6) is -2.02. The highest BCUT2D eigenvalue weighted by Crippen LogP contribution is 2.39. The number of carbonyl (C=O) groups excluding carboxylic acids is 3. The van der Waals surface area contributed by atoms with Gasteiger partial charge in [-0.3, -0.25) is 14.9 Å². The fourth-order valence-corrected chi connectivity index (χ4v) is 5.05. The second-order valence-electron chi connectivity index (χ2n) is 8.05. The van der Waals surface area contributed by atoms with Crippen molar-refractivity contribution in [1.29, 1.82) is 0 Å². The predicted molar refractivity (Wildman–Crippen MR) is 145 cm³/mol. The normalized spacial score (nSPS) is 15.0. The third kappa shape index (κ3) is 5.74. The lowest BCUT2D eigenvalue weighted by Crippen LogP contribution is -2.54. The smallest absolute Gasteiger partial charge is 0.339 e. The highest BCUT2D eigenvalue weighted by Gasteiger charge is 2.37. The number of hydrogen-bond acceptors (Lipinski definition) is 7. The van der Waals surface area contributed by atoms with Crippen LogP contribution in [0, 0.1) is 6.92 Å². The van der Waals surface area contributed by atoms with Crippen LogP contribution in [0.2, 0.25) is 5.02 Å². The molecule has 1 heterocycles. The molecule has 4 amide bonds. The fraction of sp³-hybridized carbons (Fsp3) is 0.115. The van der Waals surface area contributed by atoms with Crippen molar-refractivity contribution in [3.8, 4) is 11.5 Å². The fourth-order valence-electron chi connectivity index (χ4n) is 3.53. The van der Waals surface area contributed by atoms with E-state index in [1.54, 1.807) is 43.3 Å². The van der Waals surface area contributed by atoms with E-state index < -0.39 is 28.0 Å². The zero-order valence-electron chi connectivity index (χ0n) is 20.0. The minimum atomic E-state index is -4.24. The molecule has 196 valence electrons. The summed E-state index contributed by atoms with van der Waals surface area (Å²) in [5.41, 5.74) is 1.03. The van der Waals surface area contributed by atoms with E-state index in [1.165, 1.54) is 30.3 Å². The Kier molecular flexibility index (Phi) is 7.91. The van der Waals surface area contributed by atoms with Crippen LogP contribution >= 0.6 is 27.5 Å². The molecule has 1 fully saturated rings. The molecule has 4 rings (SSSR count). The lowest BCUT2D eigenvalue weighted by molar-refractivity contribution is -0.122. The molecule has 0 aromatic heterocycles. The molecule has 1 aliphatic rings. The number of carbonyl (C=O) groups is 3. The monoisotopic (exact) mass is 618 g/mol. The van der Waals surface area contributed by atoms with Gasteiger partial charge in [-0.25, -0.2) is 9.69 Å². The summed E-state index contributed by atoms with van der Waals surface area (Å²) in [6, 6.07) is 14.3. The number of ether oxygens (including phenoxy) is 1. The first kappa shape index (κ1) is 27.4. The van der Waals surface area contributed by atoms with Crippen LogP contribution < -0.4 is 19.1 Å². The standard InChI is InChI=1S/C26H20BrClN2O7S/c1-3-36-22-14-16(13-21(28)23(22)37-38(34,35)19-10-4-15(2)5-11-19)12-20-24(31)29-26(33)30(25(20)32)18-8-6-17(27)7-9-18/h4-14H,3H2,1-2H3,(H,29,31,33)/b20-12+. The number of barbiturate groups is 1. The first-order chi connectivity index (χ1) is 18.0. The number of imide groups is 2. The van der Waals surface area contributed by atoms with Crippen molar-refractivity contribution < 1.29 is 31.7 Å². The van der Waals surface area contributed by atoms with Crippen LogP contribution in [0.15, 0.2) is 75.6 Å². The predicted octanol–water partition coefficient (Wildman–Crippen LogP) is 5.24. The minimum Gasteiger partial charge on any atom is -0.490 e. The van der Waals surface area contributed by atoms with Crippen molar-refractivity contribution in [3.63, 3.8) is 0 Å². The summed E-state index contributed by atoms with van der Waals surface area (Å²) in [7, 11) is -4.24. The molecule has 0 atom stereocenters. The summed E-state index contributed by atoms with van der Waals surface area (Å²) >= 11 is 9.68. The Balaban J connectivity index is 1.72. The van der Waals surface area contributed by atoms with E-state index in [0.717, 1.165) is 14.9 Å². The molecular formula is C26H20BrClN2O7S. The van der Waals surface area contributed by atoms with E-state index in [1.807, 2.05) is 6.92 Å². The van der Waals surface area contributed by atoms with Crippen molar-refractivity contribution >= 4 is 67.3 Å². The molecule has 3 aromatic rings. The van der Waals surface area contributed by atoms with Crippen molar-refractivity contribution in [2.75, 3.05) is 11.5 Å². The Morgan fingerprint density at radius 1 is 1.03 bits per heavy atom. The molecule has 0 unspecified atom stereocenters. The molecule has 0 bridgehead atoms. The number of rotatable bonds is 7. The SMILES string of the molecule is CCOc1cc(/C=C2\C(=O)NC(=O)N(c3ccc(Br)cc3)C2=O)cc(Cl)c1OS(=O)(=O)c1ccc(C)cc1. The number of nitrogens with one attached hydrogen (secondary N) is 1. The van der Waals surface area contributed by atoms with E-state index in [-0.39, 0.29) is 44.8 Å². The molecule has 12 heteroatoms. The van der Waals surface area contributed by atoms with Gasteiger partial charge < -0.3 is 8.92 Å². The Bertz CT molecular complexity index is 1570. The number of hydrogen-bond donors (Lipinski definition) is 1. The summed E-state index contributed by atoms with van der Waals surface area (Å²) in [6.07, 6.45) is 1.22. The van der Waals surface area contributed by atoms with Crippen LogP contribution in [0.3, 0.4) is 0 Å². The van der Waals surface area contributed by atoms with E-state index in [9.17, 15) is 22.8 Å². The molecule has 0 spiro atoms. The lowest BCUT2D eigenvalue weighted by atomic mass is 10.1. The van der Waals surface area contributed by atoms with Gasteiger partial charge in [0.25, 0.3) is 11.8 Å². The maximum absolute atomic E-state index is 13.2. The molecule has 0 aliphatic carbocycles. The van der Waals surface area contributed by atoms with Crippen LogP contribution in [0.4, 0.5) is 10.5 Å². The molecule has 9 nitrogen and oxygen atoms in total. The molecule has 0 saturated carbocycles. The number of anilines is 1. The van der Waals surface area contributed by atoms with Gasteiger partial charge in [-0.1, -0.05) is 45.2 Å². The van der Waals surface area contributed by atoms with Crippen LogP contribution in [0.25, 0.3) is 6.08 Å². The number of urea groups is 1. The van der Waals surface area contributed by atoms with E-state index >= 15 is 0 Å². The lowest BCUT2D eigenvalue weighted by Gasteiger charge is -2.26. The average Bonchev–Trinajstić information content (AvgIpc) is 2.85. The largest absolute Gasteiger partial charge is 0.490 e. The topological polar surface area (TPSA) is 119 Å². The maximum atomic E-state index is 13.2. The first-order valence-corrected chi connectivity index (χ1v) is 13.7. The van der Waals surface area contributed by atoms with Crippen molar-refractivity contribution in [1.82, 2.24) is 5.32 Å². The van der Waals surface area contributed by atoms with Crippen molar-refractivity contribution in [2.24, 2.45) is 0 Å². The number of amides is 4. The third-order valence-electron chi connectivity index (χ3n) is 5.33. The zero-order chi connectivity index (χ0) is 27.6. The number of benzene rings is 3. The summed E-state index contributed by atoms with van der Waals surface area (Å²) < 4.78 is 37.3. The van der Waals surface area contributed by atoms with Gasteiger partial charge in [-0.15, -0.1) is 0 Å². The quantitative estimate of drug-likeness (QED) is 0.218. The summed E-state index contributed by atoms with van der Waals surface area (Å²) in [5, 5.41) is 2.01. The third-order valence-corrected chi connectivity index (χ3v) is 7.38. The minimum absolute atomic E-state index is 0.0213. The highest BCUT2D eigenvalue weighted by atomic mass is 79.9. The van der Waals surface area contributed by atoms with Gasteiger partial charge >= 0.3 is 16.1 Å². The molecule has 3 aromatic carbocycles. The molecular weight excluding hydrogens is 600 g/mol. The van der Waals surface area contributed by atoms with Crippen LogP contribution in [-0.4, -0.2) is 32.9 Å². The van der Waals surface area contributed by atoms with Gasteiger partial charge in [0.15, 0.2) is 5.75 Å². The number of nitrogens with zero attached hydrogens (tertiary/aromatic N) is 1. The van der Waals surface area contributed by atoms with Gasteiger partial charge in [0.1, 0.15) is 10.5 Å². The van der Waals surface area contributed by atoms with Gasteiger partial charge in [0.05, 0.1) is 17.3 Å². The van der Waals surface area contributed by atoms with Crippen molar-refractivity contribution in [2.45, 2.75) is 18.7 Å². The van der Waals surface area contributed by atoms with Gasteiger partial charge in [-0.2, -0.15) is 8.42 Å². The van der Waals surface area contributed by atoms with Crippen LogP contribution in [-0.2, 0) is 19.7 Å². The zero-order valence-corrected chi connectivity index (χ0v) is 23.2. The second-order valence-corrected chi connectivity index (χ2v) is 10.9. The Morgan fingerprint density at radius 3 is 2.32 bits per heavy atom. The molecule has 1 N–H and O–H groups in total. The summed E-state index contributed by atoms with van der Waals surface area (Å²) in [6.45, 7) is 3.64. The number of aryl methyl sites for hydroxylation is 1. The first-order valence-electron chi connectivity index (χ1n) is 11.1. The van der Waals surface area contributed by atoms with Gasteiger partial charge in [0.2, 0.25) is 5.75 Å². The number of halogens is 2. The van der Waals surface area contributed by atoms with E-state index in [0.29, 0.717) is 0 Å². The Labute approximate surface area is 232 Å². The Hall–Kier alpha value is -3.67. The van der Waals surface area contributed by atoms with Crippen LogP contribution in [0.5, 0.6) is 11.5 Å². The van der Waals surface area contributed by atoms with Crippen molar-refractivity contribution in [3.05, 3.63) is 86.9 Å². The van der Waals surface area contributed by atoms with E-state index in [4.69, 9.17) is 20.5 Å². The van der Waals surface area contributed by atoms with Gasteiger partial charge in [-0.05, 0) is 74.0 Å². The molecule has 0 radical (unpaired) electrons. The molecule has 1 saturated heterocycles. The molecule has 38 heavy (non-hydrogen) atoms. The Morgan fingerprint density at radius 2 is 1.68 bits per heavy atom. The van der Waals surface area contributed by atoms with Crippen LogP contribution in [0.1, 0.15) is 18.1 Å². The maximum Gasteiger partial charge on any atom is 0.339 e. The van der Waals surface area contributed by atoms with E-state index in [2.05, 4.69) is 21.2 Å². The second kappa shape index (κ2) is 11.0. The summed E-state index contributed by atoms with van der Waals surface area (Å²) in [4.78, 5) is 38.9. The van der Waals surface area contributed by atoms with Gasteiger partial charge in [0, 0.05) is 4.47 Å². The average molecular weight is 620 g/mol. The highest BCUT2D eigenvalue weighted by molar-refractivity contribution is 9.10.